The summed E-state index contributed by atoms with van der Waals surface area (Å²) in [7, 11) is 0. The summed E-state index contributed by atoms with van der Waals surface area (Å²) in [6.07, 6.45) is 5.32. The lowest BCUT2D eigenvalue weighted by Crippen LogP contribution is -1.96. The molecule has 0 fully saturated rings. The molecule has 3 heterocycles. The maximum Gasteiger partial charge on any atom is 0.183 e. The standard InChI is InChI=1S/C16H11BrClN5S/c17-10-3-9(5-19-6-10)15-22-13-2-1-11(4-14(13)23-15)20-7-12-8-21-16(18)24-12/h1-6,8,20H,7H2,(H,22,23). The van der Waals surface area contributed by atoms with Crippen molar-refractivity contribution < 1.29 is 0 Å². The highest BCUT2D eigenvalue weighted by Gasteiger charge is 2.07. The average Bonchev–Trinajstić information content (AvgIpc) is 3.18. The summed E-state index contributed by atoms with van der Waals surface area (Å²) in [4.78, 5) is 17.3. The Balaban J connectivity index is 1.59. The Morgan fingerprint density at radius 3 is 2.92 bits per heavy atom. The number of halogens is 2. The van der Waals surface area contributed by atoms with Crippen molar-refractivity contribution in [3.8, 4) is 11.4 Å². The van der Waals surface area contributed by atoms with Gasteiger partial charge in [0.15, 0.2) is 4.47 Å². The molecule has 0 saturated heterocycles. The minimum Gasteiger partial charge on any atom is -0.380 e. The Morgan fingerprint density at radius 2 is 2.12 bits per heavy atom. The molecule has 0 spiro atoms. The molecule has 24 heavy (non-hydrogen) atoms. The molecule has 2 N–H and O–H groups in total. The van der Waals surface area contributed by atoms with Gasteiger partial charge in [-0.15, -0.1) is 11.3 Å². The number of nitrogens with one attached hydrogen (secondary N) is 2. The zero-order chi connectivity index (χ0) is 16.5. The lowest BCUT2D eigenvalue weighted by atomic mass is 10.3. The van der Waals surface area contributed by atoms with Gasteiger partial charge in [-0.3, -0.25) is 4.98 Å². The summed E-state index contributed by atoms with van der Waals surface area (Å²) >= 11 is 10.8. The number of pyridine rings is 1. The van der Waals surface area contributed by atoms with Gasteiger partial charge in [-0.25, -0.2) is 9.97 Å². The first-order chi connectivity index (χ1) is 11.7. The van der Waals surface area contributed by atoms with Gasteiger partial charge in [0, 0.05) is 39.2 Å². The molecule has 0 amide bonds. The molecule has 0 atom stereocenters. The number of aromatic nitrogens is 4. The van der Waals surface area contributed by atoms with Crippen LogP contribution in [0.4, 0.5) is 5.69 Å². The molecule has 0 radical (unpaired) electrons. The first-order valence-electron chi connectivity index (χ1n) is 7.12. The molecule has 0 unspecified atom stereocenters. The molecule has 0 aliphatic rings. The fourth-order valence-electron chi connectivity index (χ4n) is 2.35. The van der Waals surface area contributed by atoms with Gasteiger partial charge in [-0.1, -0.05) is 11.6 Å². The smallest absolute Gasteiger partial charge is 0.183 e. The molecule has 1 aromatic carbocycles. The summed E-state index contributed by atoms with van der Waals surface area (Å²) in [6.45, 7) is 0.687. The van der Waals surface area contributed by atoms with Gasteiger partial charge in [0.1, 0.15) is 5.82 Å². The van der Waals surface area contributed by atoms with E-state index >= 15 is 0 Å². The van der Waals surface area contributed by atoms with E-state index in [1.54, 1.807) is 18.6 Å². The SMILES string of the molecule is Clc1ncc(CNc2ccc3nc(-c4cncc(Br)c4)[nH]c3c2)s1. The highest BCUT2D eigenvalue weighted by molar-refractivity contribution is 9.10. The number of anilines is 1. The van der Waals surface area contributed by atoms with Crippen LogP contribution in [0.3, 0.4) is 0 Å². The Bertz CT molecular complexity index is 1010. The fraction of sp³-hybridized carbons (Fsp3) is 0.0625. The van der Waals surface area contributed by atoms with Crippen molar-refractivity contribution in [1.82, 2.24) is 19.9 Å². The number of thiazole rings is 1. The highest BCUT2D eigenvalue weighted by atomic mass is 79.9. The molecular weight excluding hydrogens is 410 g/mol. The van der Waals surface area contributed by atoms with Crippen LogP contribution in [0.2, 0.25) is 4.47 Å². The number of benzene rings is 1. The van der Waals surface area contributed by atoms with E-state index in [1.165, 1.54) is 11.3 Å². The van der Waals surface area contributed by atoms with Gasteiger partial charge < -0.3 is 10.3 Å². The first kappa shape index (κ1) is 15.6. The Labute approximate surface area is 155 Å². The van der Waals surface area contributed by atoms with E-state index < -0.39 is 0 Å². The van der Waals surface area contributed by atoms with E-state index in [2.05, 4.69) is 41.2 Å². The zero-order valence-corrected chi connectivity index (χ0v) is 15.4. The van der Waals surface area contributed by atoms with Crippen molar-refractivity contribution in [2.75, 3.05) is 5.32 Å². The van der Waals surface area contributed by atoms with Crippen molar-refractivity contribution in [1.29, 1.82) is 0 Å². The number of aromatic amines is 1. The lowest BCUT2D eigenvalue weighted by Gasteiger charge is -2.03. The summed E-state index contributed by atoms with van der Waals surface area (Å²) in [5.41, 5.74) is 3.83. The monoisotopic (exact) mass is 419 g/mol. The molecule has 0 aliphatic heterocycles. The minimum absolute atomic E-state index is 0.558. The second-order valence-electron chi connectivity index (χ2n) is 5.14. The van der Waals surface area contributed by atoms with Crippen LogP contribution in [-0.4, -0.2) is 19.9 Å². The normalized spacial score (nSPS) is 11.1. The molecule has 0 saturated carbocycles. The summed E-state index contributed by atoms with van der Waals surface area (Å²) in [5, 5.41) is 3.37. The summed E-state index contributed by atoms with van der Waals surface area (Å²) in [6, 6.07) is 8.02. The van der Waals surface area contributed by atoms with Gasteiger partial charge in [-0.2, -0.15) is 0 Å². The minimum atomic E-state index is 0.558. The highest BCUT2D eigenvalue weighted by Crippen LogP contribution is 2.25. The van der Waals surface area contributed by atoms with E-state index in [0.717, 1.165) is 37.5 Å². The van der Waals surface area contributed by atoms with Crippen LogP contribution in [0.15, 0.2) is 47.3 Å². The number of hydrogen-bond donors (Lipinski definition) is 2. The third-order valence-electron chi connectivity index (χ3n) is 3.45. The van der Waals surface area contributed by atoms with E-state index in [1.807, 2.05) is 24.3 Å². The number of nitrogens with zero attached hydrogens (tertiary/aromatic N) is 3. The first-order valence-corrected chi connectivity index (χ1v) is 9.11. The summed E-state index contributed by atoms with van der Waals surface area (Å²) in [5.74, 6) is 0.796. The van der Waals surface area contributed by atoms with Crippen LogP contribution in [0, 0.1) is 0 Å². The van der Waals surface area contributed by atoms with Crippen LogP contribution in [0.5, 0.6) is 0 Å². The van der Waals surface area contributed by atoms with Crippen LogP contribution >= 0.6 is 38.9 Å². The van der Waals surface area contributed by atoms with Crippen LogP contribution in [0.1, 0.15) is 4.88 Å². The third kappa shape index (κ3) is 3.28. The van der Waals surface area contributed by atoms with Crippen LogP contribution in [0.25, 0.3) is 22.4 Å². The largest absolute Gasteiger partial charge is 0.380 e. The molecule has 5 nitrogen and oxygen atoms in total. The van der Waals surface area contributed by atoms with Crippen molar-refractivity contribution in [2.45, 2.75) is 6.54 Å². The second kappa shape index (κ2) is 6.51. The number of hydrogen-bond acceptors (Lipinski definition) is 5. The maximum atomic E-state index is 5.85. The van der Waals surface area contributed by atoms with Crippen molar-refractivity contribution >= 4 is 55.6 Å². The number of fused-ring (bicyclic) bond motifs is 1. The van der Waals surface area contributed by atoms with Gasteiger partial charge in [0.25, 0.3) is 0 Å². The summed E-state index contributed by atoms with van der Waals surface area (Å²) < 4.78 is 1.48. The second-order valence-corrected chi connectivity index (χ2v) is 7.76. The van der Waals surface area contributed by atoms with Crippen LogP contribution < -0.4 is 5.32 Å². The fourth-order valence-corrected chi connectivity index (χ4v) is 3.63. The van der Waals surface area contributed by atoms with E-state index in [4.69, 9.17) is 11.6 Å². The molecule has 3 aromatic heterocycles. The van der Waals surface area contributed by atoms with Gasteiger partial charge >= 0.3 is 0 Å². The topological polar surface area (TPSA) is 66.5 Å². The maximum absolute atomic E-state index is 5.85. The molecule has 0 bridgehead atoms. The third-order valence-corrected chi connectivity index (χ3v) is 5.00. The predicted octanol–water partition coefficient (Wildman–Crippen LogP) is 5.11. The molecule has 0 aliphatic carbocycles. The molecule has 4 aromatic rings. The molecule has 120 valence electrons. The Hall–Kier alpha value is -1.96. The Kier molecular flexibility index (Phi) is 4.22. The van der Waals surface area contributed by atoms with Gasteiger partial charge in [0.2, 0.25) is 0 Å². The van der Waals surface area contributed by atoms with E-state index in [-0.39, 0.29) is 0 Å². The number of rotatable bonds is 4. The molecule has 8 heteroatoms. The number of H-pyrrole nitrogens is 1. The van der Waals surface area contributed by atoms with Gasteiger partial charge in [0.05, 0.1) is 17.6 Å². The molecule has 4 rings (SSSR count). The van der Waals surface area contributed by atoms with E-state index in [0.29, 0.717) is 11.0 Å². The lowest BCUT2D eigenvalue weighted by molar-refractivity contribution is 1.18. The van der Waals surface area contributed by atoms with Crippen molar-refractivity contribution in [3.05, 3.63) is 56.7 Å². The van der Waals surface area contributed by atoms with E-state index in [9.17, 15) is 0 Å². The zero-order valence-electron chi connectivity index (χ0n) is 12.3. The van der Waals surface area contributed by atoms with Gasteiger partial charge in [-0.05, 0) is 40.2 Å². The Morgan fingerprint density at radius 1 is 1.21 bits per heavy atom. The predicted molar refractivity (Wildman–Crippen MR) is 101 cm³/mol. The average molecular weight is 421 g/mol. The van der Waals surface area contributed by atoms with Crippen molar-refractivity contribution in [3.63, 3.8) is 0 Å². The van der Waals surface area contributed by atoms with Crippen molar-refractivity contribution in [2.24, 2.45) is 0 Å². The molecular formula is C16H11BrClN5S. The quantitative estimate of drug-likeness (QED) is 0.481. The number of imidazole rings is 1. The van der Waals surface area contributed by atoms with Crippen LogP contribution in [-0.2, 0) is 6.54 Å².